The van der Waals surface area contributed by atoms with Crippen LogP contribution in [0.2, 0.25) is 0 Å². The van der Waals surface area contributed by atoms with Gasteiger partial charge in [-0.3, -0.25) is 4.79 Å². The smallest absolute Gasteiger partial charge is 0.270 e. The molecule has 1 spiro atoms. The average Bonchev–Trinajstić information content (AvgIpc) is 2.94. The molecule has 25 heavy (non-hydrogen) atoms. The molecule has 0 aliphatic carbocycles. The Balaban J connectivity index is 1.54. The van der Waals surface area contributed by atoms with E-state index < -0.39 is 11.7 Å². The van der Waals surface area contributed by atoms with Crippen molar-refractivity contribution in [1.29, 1.82) is 0 Å². The first-order valence-electron chi connectivity index (χ1n) is 8.89. The molecule has 1 atom stereocenters. The van der Waals surface area contributed by atoms with E-state index in [0.29, 0.717) is 38.2 Å². The van der Waals surface area contributed by atoms with Gasteiger partial charge < -0.3 is 19.7 Å². The van der Waals surface area contributed by atoms with E-state index in [0.717, 1.165) is 29.3 Å². The van der Waals surface area contributed by atoms with E-state index in [2.05, 4.69) is 4.98 Å². The molecule has 134 valence electrons. The number of hydrogen-bond acceptors (Lipinski definition) is 3. The molecule has 3 heterocycles. The summed E-state index contributed by atoms with van der Waals surface area (Å²) in [6, 6.07) is 4.50. The zero-order valence-electron chi connectivity index (χ0n) is 14.3. The molecule has 1 unspecified atom stereocenters. The molecule has 4 rings (SSSR count). The molecule has 0 saturated carbocycles. The normalized spacial score (nSPS) is 23.3. The fourth-order valence-electron chi connectivity index (χ4n) is 4.15. The number of piperidine rings is 1. The molecule has 1 aromatic heterocycles. The number of aliphatic hydroxyl groups excluding tert-OH is 1. The van der Waals surface area contributed by atoms with Crippen molar-refractivity contribution in [3.63, 3.8) is 0 Å². The van der Waals surface area contributed by atoms with Crippen LogP contribution in [0.5, 0.6) is 0 Å². The van der Waals surface area contributed by atoms with Crippen LogP contribution in [-0.4, -0.2) is 52.3 Å². The molecule has 6 heteroatoms. The third-order valence-electron chi connectivity index (χ3n) is 5.75. The van der Waals surface area contributed by atoms with Crippen molar-refractivity contribution >= 4 is 16.8 Å². The van der Waals surface area contributed by atoms with Gasteiger partial charge in [-0.15, -0.1) is 0 Å². The van der Waals surface area contributed by atoms with E-state index in [4.69, 9.17) is 4.74 Å². The minimum Gasteiger partial charge on any atom is -0.390 e. The Bertz CT molecular complexity index is 808. The van der Waals surface area contributed by atoms with Crippen LogP contribution in [0.25, 0.3) is 10.9 Å². The molecule has 2 fully saturated rings. The summed E-state index contributed by atoms with van der Waals surface area (Å²) in [5, 5.41) is 11.1. The molecule has 2 saturated heterocycles. The number of aromatic amines is 1. The first-order valence-corrected chi connectivity index (χ1v) is 8.89. The summed E-state index contributed by atoms with van der Waals surface area (Å²) in [4.78, 5) is 17.9. The number of aryl methyl sites for hydroxylation is 1. The lowest BCUT2D eigenvalue weighted by Crippen LogP contribution is -2.56. The molecule has 0 bridgehead atoms. The first-order chi connectivity index (χ1) is 12.0. The van der Waals surface area contributed by atoms with Crippen molar-refractivity contribution in [3.05, 3.63) is 35.3 Å². The first kappa shape index (κ1) is 16.5. The van der Waals surface area contributed by atoms with Gasteiger partial charge in [-0.25, -0.2) is 4.39 Å². The van der Waals surface area contributed by atoms with E-state index >= 15 is 0 Å². The third kappa shape index (κ3) is 2.73. The van der Waals surface area contributed by atoms with Crippen LogP contribution in [0.15, 0.2) is 18.2 Å². The van der Waals surface area contributed by atoms with Crippen molar-refractivity contribution in [2.45, 2.75) is 44.3 Å². The minimum atomic E-state index is -0.492. The van der Waals surface area contributed by atoms with Crippen molar-refractivity contribution in [3.8, 4) is 0 Å². The molecule has 2 aliphatic rings. The molecule has 1 aromatic carbocycles. The number of fused-ring (bicyclic) bond motifs is 1. The zero-order valence-corrected chi connectivity index (χ0v) is 14.3. The van der Waals surface area contributed by atoms with Gasteiger partial charge in [-0.1, -0.05) is 0 Å². The number of carbonyl (C=O) groups is 1. The lowest BCUT2D eigenvalue weighted by molar-refractivity contribution is -0.174. The SMILES string of the molecule is Cc1c(C(=O)N2CCC3(CC2)OCCCC3O)[nH]c2ccc(F)cc12. The summed E-state index contributed by atoms with van der Waals surface area (Å²) in [5.74, 6) is -0.383. The number of ether oxygens (including phenoxy) is 1. The molecular formula is C19H23FN2O3. The lowest BCUT2D eigenvalue weighted by Gasteiger charge is -2.46. The minimum absolute atomic E-state index is 0.0748. The van der Waals surface area contributed by atoms with E-state index in [1.165, 1.54) is 12.1 Å². The number of nitrogens with one attached hydrogen (secondary N) is 1. The topological polar surface area (TPSA) is 65.6 Å². The highest BCUT2D eigenvalue weighted by molar-refractivity contribution is 6.00. The summed E-state index contributed by atoms with van der Waals surface area (Å²) in [5.41, 5.74) is 1.56. The van der Waals surface area contributed by atoms with Crippen LogP contribution in [0, 0.1) is 12.7 Å². The van der Waals surface area contributed by atoms with Crippen LogP contribution < -0.4 is 0 Å². The van der Waals surface area contributed by atoms with Gasteiger partial charge in [0.2, 0.25) is 0 Å². The Labute approximate surface area is 145 Å². The molecule has 2 aliphatic heterocycles. The summed E-state index contributed by atoms with van der Waals surface area (Å²) >= 11 is 0. The standard InChI is InChI=1S/C19H23FN2O3/c1-12-14-11-13(20)4-5-15(14)21-17(12)18(24)22-8-6-19(7-9-22)16(23)3-2-10-25-19/h4-5,11,16,21,23H,2-3,6-10H2,1H3. The molecule has 0 radical (unpaired) electrons. The van der Waals surface area contributed by atoms with Gasteiger partial charge in [0.25, 0.3) is 5.91 Å². The number of rotatable bonds is 1. The second kappa shape index (κ2) is 6.11. The second-order valence-corrected chi connectivity index (χ2v) is 7.18. The maximum Gasteiger partial charge on any atom is 0.270 e. The highest BCUT2D eigenvalue weighted by Crippen LogP contribution is 2.36. The van der Waals surface area contributed by atoms with E-state index in [1.54, 1.807) is 11.0 Å². The van der Waals surface area contributed by atoms with Gasteiger partial charge in [0.1, 0.15) is 11.5 Å². The second-order valence-electron chi connectivity index (χ2n) is 7.18. The summed E-state index contributed by atoms with van der Waals surface area (Å²) in [7, 11) is 0. The third-order valence-corrected chi connectivity index (χ3v) is 5.75. The fourth-order valence-corrected chi connectivity index (χ4v) is 4.15. The Morgan fingerprint density at radius 2 is 2.16 bits per heavy atom. The highest BCUT2D eigenvalue weighted by atomic mass is 19.1. The molecular weight excluding hydrogens is 323 g/mol. The average molecular weight is 346 g/mol. The van der Waals surface area contributed by atoms with Crippen LogP contribution in [0.4, 0.5) is 4.39 Å². The number of amides is 1. The number of H-pyrrole nitrogens is 1. The van der Waals surface area contributed by atoms with Gasteiger partial charge in [0.05, 0.1) is 11.7 Å². The maximum atomic E-state index is 13.5. The van der Waals surface area contributed by atoms with Gasteiger partial charge in [0, 0.05) is 30.6 Å². The summed E-state index contributed by atoms with van der Waals surface area (Å²) < 4.78 is 19.4. The number of halogens is 1. The number of likely N-dealkylation sites (tertiary alicyclic amines) is 1. The number of nitrogens with zero attached hydrogens (tertiary/aromatic N) is 1. The number of carbonyl (C=O) groups excluding carboxylic acids is 1. The monoisotopic (exact) mass is 346 g/mol. The fraction of sp³-hybridized carbons (Fsp3) is 0.526. The largest absolute Gasteiger partial charge is 0.390 e. The van der Waals surface area contributed by atoms with E-state index in [1.807, 2.05) is 6.92 Å². The van der Waals surface area contributed by atoms with Crippen molar-refractivity contribution < 1.29 is 19.0 Å². The summed E-state index contributed by atoms with van der Waals surface area (Å²) in [6.45, 7) is 3.63. The number of aliphatic hydroxyl groups is 1. The van der Waals surface area contributed by atoms with Crippen LogP contribution in [0.3, 0.4) is 0 Å². The Morgan fingerprint density at radius 1 is 1.40 bits per heavy atom. The molecule has 5 nitrogen and oxygen atoms in total. The Kier molecular flexibility index (Phi) is 4.04. The maximum absolute atomic E-state index is 13.5. The number of hydrogen-bond donors (Lipinski definition) is 2. The molecule has 1 amide bonds. The van der Waals surface area contributed by atoms with E-state index in [9.17, 15) is 14.3 Å². The quantitative estimate of drug-likeness (QED) is 0.834. The lowest BCUT2D eigenvalue weighted by atomic mass is 9.82. The van der Waals surface area contributed by atoms with Crippen LogP contribution in [0.1, 0.15) is 41.7 Å². The van der Waals surface area contributed by atoms with Gasteiger partial charge in [-0.2, -0.15) is 0 Å². The van der Waals surface area contributed by atoms with Crippen molar-refractivity contribution in [1.82, 2.24) is 9.88 Å². The predicted molar refractivity (Wildman–Crippen MR) is 92.1 cm³/mol. The van der Waals surface area contributed by atoms with Crippen LogP contribution >= 0.6 is 0 Å². The van der Waals surface area contributed by atoms with Gasteiger partial charge >= 0.3 is 0 Å². The van der Waals surface area contributed by atoms with Crippen molar-refractivity contribution in [2.24, 2.45) is 0 Å². The molecule has 2 N–H and O–H groups in total. The van der Waals surface area contributed by atoms with Gasteiger partial charge in [-0.05, 0) is 56.4 Å². The number of aromatic nitrogens is 1. The number of benzene rings is 1. The van der Waals surface area contributed by atoms with Crippen molar-refractivity contribution in [2.75, 3.05) is 19.7 Å². The predicted octanol–water partition coefficient (Wildman–Crippen LogP) is 2.76. The molecule has 2 aromatic rings. The Morgan fingerprint density at radius 3 is 2.88 bits per heavy atom. The highest BCUT2D eigenvalue weighted by Gasteiger charge is 2.44. The zero-order chi connectivity index (χ0) is 17.6. The Hall–Kier alpha value is -1.92. The summed E-state index contributed by atoms with van der Waals surface area (Å²) in [6.07, 6.45) is 2.50. The van der Waals surface area contributed by atoms with Gasteiger partial charge in [0.15, 0.2) is 0 Å². The van der Waals surface area contributed by atoms with Crippen LogP contribution in [-0.2, 0) is 4.74 Å². The van der Waals surface area contributed by atoms with E-state index in [-0.39, 0.29) is 11.7 Å².